The predicted octanol–water partition coefficient (Wildman–Crippen LogP) is 2.45. The van der Waals surface area contributed by atoms with Gasteiger partial charge in [0.25, 0.3) is 0 Å². The molecule has 0 amide bonds. The first-order chi connectivity index (χ1) is 9.92. The molecule has 6 heteroatoms. The summed E-state index contributed by atoms with van der Waals surface area (Å²) in [5.74, 6) is 5.37. The molecule has 1 heterocycles. The highest BCUT2D eigenvalue weighted by Gasteiger charge is 2.17. The monoisotopic (exact) mass is 310 g/mol. The standard InChI is InChI=1S/C15H20ClFN4/c1-9-14(10(2)21(3)20-9)8-13(19-18)7-11-6-12(16)4-5-15(11)17/h4-6,13,19H,7-8,18H2,1-3H3. The Bertz CT molecular complexity index is 639. The van der Waals surface area contributed by atoms with Gasteiger partial charge in [-0.25, -0.2) is 4.39 Å². The van der Waals surface area contributed by atoms with Gasteiger partial charge in [0.2, 0.25) is 0 Å². The van der Waals surface area contributed by atoms with Crippen molar-refractivity contribution in [2.75, 3.05) is 0 Å². The highest BCUT2D eigenvalue weighted by atomic mass is 35.5. The summed E-state index contributed by atoms with van der Waals surface area (Å²) in [4.78, 5) is 0. The van der Waals surface area contributed by atoms with E-state index in [0.717, 1.165) is 17.0 Å². The maximum Gasteiger partial charge on any atom is 0.126 e. The van der Waals surface area contributed by atoms with Crippen LogP contribution in [0.1, 0.15) is 22.5 Å². The van der Waals surface area contributed by atoms with Crippen LogP contribution < -0.4 is 11.3 Å². The van der Waals surface area contributed by atoms with E-state index in [1.54, 1.807) is 12.1 Å². The van der Waals surface area contributed by atoms with Crippen molar-refractivity contribution in [1.29, 1.82) is 0 Å². The minimum absolute atomic E-state index is 0.0837. The van der Waals surface area contributed by atoms with Crippen LogP contribution in [0.15, 0.2) is 18.2 Å². The first-order valence-electron chi connectivity index (χ1n) is 6.81. The number of halogens is 2. The van der Waals surface area contributed by atoms with E-state index in [1.165, 1.54) is 6.07 Å². The Labute approximate surface area is 129 Å². The molecule has 0 aliphatic rings. The number of aromatic nitrogens is 2. The Balaban J connectivity index is 2.19. The summed E-state index contributed by atoms with van der Waals surface area (Å²) in [5, 5.41) is 4.91. The molecule has 3 N–H and O–H groups in total. The maximum atomic E-state index is 13.8. The third-order valence-electron chi connectivity index (χ3n) is 3.82. The Morgan fingerprint density at radius 1 is 1.38 bits per heavy atom. The minimum atomic E-state index is -0.265. The van der Waals surface area contributed by atoms with Crippen LogP contribution in [-0.4, -0.2) is 15.8 Å². The van der Waals surface area contributed by atoms with Gasteiger partial charge < -0.3 is 0 Å². The second-order valence-electron chi connectivity index (χ2n) is 5.28. The Morgan fingerprint density at radius 2 is 2.10 bits per heavy atom. The smallest absolute Gasteiger partial charge is 0.126 e. The normalized spacial score (nSPS) is 12.7. The molecule has 2 rings (SSSR count). The van der Waals surface area contributed by atoms with E-state index >= 15 is 0 Å². The molecule has 114 valence electrons. The van der Waals surface area contributed by atoms with Gasteiger partial charge in [0.15, 0.2) is 0 Å². The van der Waals surface area contributed by atoms with Gasteiger partial charge in [-0.05, 0) is 56.0 Å². The summed E-state index contributed by atoms with van der Waals surface area (Å²) in [5.41, 5.74) is 6.53. The van der Waals surface area contributed by atoms with Crippen LogP contribution in [-0.2, 0) is 19.9 Å². The predicted molar refractivity (Wildman–Crippen MR) is 82.6 cm³/mol. The minimum Gasteiger partial charge on any atom is -0.272 e. The third-order valence-corrected chi connectivity index (χ3v) is 4.05. The number of nitrogens with zero attached hydrogens (tertiary/aromatic N) is 2. The Morgan fingerprint density at radius 3 is 2.67 bits per heavy atom. The van der Waals surface area contributed by atoms with Gasteiger partial charge in [-0.1, -0.05) is 11.6 Å². The number of benzene rings is 1. The lowest BCUT2D eigenvalue weighted by Crippen LogP contribution is -2.38. The van der Waals surface area contributed by atoms with Crippen molar-refractivity contribution in [3.05, 3.63) is 51.6 Å². The summed E-state index contributed by atoms with van der Waals surface area (Å²) >= 11 is 5.93. The topological polar surface area (TPSA) is 55.9 Å². The number of hydrogen-bond donors (Lipinski definition) is 2. The van der Waals surface area contributed by atoms with Gasteiger partial charge in [-0.2, -0.15) is 5.10 Å². The summed E-state index contributed by atoms with van der Waals surface area (Å²) in [6.45, 7) is 3.98. The third kappa shape index (κ3) is 3.61. The second-order valence-corrected chi connectivity index (χ2v) is 5.72. The van der Waals surface area contributed by atoms with Crippen molar-refractivity contribution in [1.82, 2.24) is 15.2 Å². The molecule has 2 aromatic rings. The first kappa shape index (κ1) is 15.9. The lowest BCUT2D eigenvalue weighted by molar-refractivity contribution is 0.505. The maximum absolute atomic E-state index is 13.8. The van der Waals surface area contributed by atoms with E-state index in [2.05, 4.69) is 10.5 Å². The summed E-state index contributed by atoms with van der Waals surface area (Å²) in [6, 6.07) is 4.48. The fraction of sp³-hybridized carbons (Fsp3) is 0.400. The number of aryl methyl sites for hydroxylation is 2. The van der Waals surface area contributed by atoms with Gasteiger partial charge in [0.05, 0.1) is 5.69 Å². The molecule has 4 nitrogen and oxygen atoms in total. The molecule has 0 saturated carbocycles. The second kappa shape index (κ2) is 6.56. The quantitative estimate of drug-likeness (QED) is 0.659. The molecular formula is C15H20ClFN4. The van der Waals surface area contributed by atoms with E-state index < -0.39 is 0 Å². The zero-order valence-electron chi connectivity index (χ0n) is 12.5. The summed E-state index contributed by atoms with van der Waals surface area (Å²) < 4.78 is 15.7. The Kier molecular flexibility index (Phi) is 4.98. The number of hydrogen-bond acceptors (Lipinski definition) is 3. The fourth-order valence-electron chi connectivity index (χ4n) is 2.51. The Hall–Kier alpha value is -1.43. The lowest BCUT2D eigenvalue weighted by Gasteiger charge is -2.17. The fourth-order valence-corrected chi connectivity index (χ4v) is 2.71. The van der Waals surface area contributed by atoms with Crippen molar-refractivity contribution in [2.24, 2.45) is 12.9 Å². The van der Waals surface area contributed by atoms with Crippen LogP contribution in [0, 0.1) is 19.7 Å². The van der Waals surface area contributed by atoms with E-state index in [4.69, 9.17) is 17.4 Å². The van der Waals surface area contributed by atoms with E-state index in [0.29, 0.717) is 23.4 Å². The number of nitrogens with one attached hydrogen (secondary N) is 1. The van der Waals surface area contributed by atoms with Gasteiger partial charge >= 0.3 is 0 Å². The molecular weight excluding hydrogens is 291 g/mol. The van der Waals surface area contributed by atoms with Gasteiger partial charge in [-0.15, -0.1) is 0 Å². The molecule has 0 radical (unpaired) electrons. The van der Waals surface area contributed by atoms with Crippen molar-refractivity contribution in [3.8, 4) is 0 Å². The average molecular weight is 311 g/mol. The zero-order chi connectivity index (χ0) is 15.6. The summed E-state index contributed by atoms with van der Waals surface area (Å²) in [7, 11) is 1.91. The molecule has 0 spiro atoms. The van der Waals surface area contributed by atoms with Crippen molar-refractivity contribution in [2.45, 2.75) is 32.7 Å². The van der Waals surface area contributed by atoms with Crippen LogP contribution in [0.2, 0.25) is 5.02 Å². The molecule has 1 atom stereocenters. The molecule has 1 aromatic heterocycles. The van der Waals surface area contributed by atoms with E-state index in [9.17, 15) is 4.39 Å². The van der Waals surface area contributed by atoms with Gasteiger partial charge in [0.1, 0.15) is 5.82 Å². The molecule has 0 bridgehead atoms. The first-order valence-corrected chi connectivity index (χ1v) is 7.19. The highest BCUT2D eigenvalue weighted by Crippen LogP contribution is 2.19. The highest BCUT2D eigenvalue weighted by molar-refractivity contribution is 6.30. The van der Waals surface area contributed by atoms with Gasteiger partial charge in [0, 0.05) is 23.8 Å². The number of hydrazine groups is 1. The van der Waals surface area contributed by atoms with Crippen LogP contribution in [0.5, 0.6) is 0 Å². The van der Waals surface area contributed by atoms with Crippen molar-refractivity contribution >= 4 is 11.6 Å². The molecule has 0 saturated heterocycles. The molecule has 1 unspecified atom stereocenters. The van der Waals surface area contributed by atoms with E-state index in [-0.39, 0.29) is 11.9 Å². The summed E-state index contributed by atoms with van der Waals surface area (Å²) in [6.07, 6.45) is 1.16. The SMILES string of the molecule is Cc1nn(C)c(C)c1CC(Cc1cc(Cl)ccc1F)NN. The van der Waals surface area contributed by atoms with Crippen molar-refractivity contribution < 1.29 is 4.39 Å². The number of nitrogens with two attached hydrogens (primary N) is 1. The lowest BCUT2D eigenvalue weighted by atomic mass is 9.98. The zero-order valence-corrected chi connectivity index (χ0v) is 13.2. The molecule has 0 aliphatic heterocycles. The van der Waals surface area contributed by atoms with Crippen LogP contribution >= 0.6 is 11.6 Å². The average Bonchev–Trinajstić information content (AvgIpc) is 2.68. The molecule has 0 fully saturated rings. The molecule has 1 aromatic carbocycles. The van der Waals surface area contributed by atoms with Crippen LogP contribution in [0.4, 0.5) is 4.39 Å². The molecule has 21 heavy (non-hydrogen) atoms. The molecule has 0 aliphatic carbocycles. The van der Waals surface area contributed by atoms with E-state index in [1.807, 2.05) is 25.6 Å². The van der Waals surface area contributed by atoms with Crippen LogP contribution in [0.3, 0.4) is 0 Å². The van der Waals surface area contributed by atoms with Crippen LogP contribution in [0.25, 0.3) is 0 Å². The van der Waals surface area contributed by atoms with Gasteiger partial charge in [-0.3, -0.25) is 16.0 Å². The van der Waals surface area contributed by atoms with Crippen molar-refractivity contribution in [3.63, 3.8) is 0 Å². The number of rotatable bonds is 5. The largest absolute Gasteiger partial charge is 0.272 e.